The molecule has 3 nitrogen and oxygen atoms in total. The Morgan fingerprint density at radius 3 is 2.52 bits per heavy atom. The first-order valence-corrected chi connectivity index (χ1v) is 7.75. The summed E-state index contributed by atoms with van der Waals surface area (Å²) in [5.41, 5.74) is 3.02. The van der Waals surface area contributed by atoms with Gasteiger partial charge in [0.05, 0.1) is 6.10 Å². The van der Waals surface area contributed by atoms with Crippen LogP contribution in [0.25, 0.3) is 0 Å². The van der Waals surface area contributed by atoms with Crippen molar-refractivity contribution < 1.29 is 5.11 Å². The van der Waals surface area contributed by atoms with Crippen molar-refractivity contribution in [3.05, 3.63) is 67.5 Å². The Bertz CT molecular complexity index is 643. The van der Waals surface area contributed by atoms with Crippen LogP contribution in [-0.4, -0.2) is 5.11 Å². The molecule has 1 atom stereocenters. The van der Waals surface area contributed by atoms with Gasteiger partial charge in [0.2, 0.25) is 0 Å². The number of aliphatic hydroxyl groups is 1. The van der Waals surface area contributed by atoms with Crippen LogP contribution >= 0.6 is 27.5 Å². The summed E-state index contributed by atoms with van der Waals surface area (Å²) in [6.07, 6.45) is 0.491. The molecular formula is C16H15BrClNO2. The number of nitroso groups, excluding NO2 is 1. The van der Waals surface area contributed by atoms with Gasteiger partial charge in [-0.1, -0.05) is 35.9 Å². The van der Waals surface area contributed by atoms with E-state index in [2.05, 4.69) is 21.1 Å². The van der Waals surface area contributed by atoms with E-state index in [1.165, 1.54) is 0 Å². The molecule has 2 aromatic rings. The molecule has 0 bridgehead atoms. The van der Waals surface area contributed by atoms with Gasteiger partial charge in [0, 0.05) is 9.50 Å². The van der Waals surface area contributed by atoms with Crippen molar-refractivity contribution in [2.75, 3.05) is 0 Å². The number of hydrogen-bond donors (Lipinski definition) is 1. The van der Waals surface area contributed by atoms with Gasteiger partial charge in [0.25, 0.3) is 0 Å². The molecule has 110 valence electrons. The summed E-state index contributed by atoms with van der Waals surface area (Å²) in [5, 5.41) is 13.9. The summed E-state index contributed by atoms with van der Waals surface area (Å²) < 4.78 is 0.719. The van der Waals surface area contributed by atoms with E-state index in [-0.39, 0.29) is 0 Å². The largest absolute Gasteiger partial charge is 0.388 e. The van der Waals surface area contributed by atoms with Gasteiger partial charge in [-0.05, 0) is 69.7 Å². The van der Waals surface area contributed by atoms with Crippen molar-refractivity contribution >= 4 is 33.2 Å². The average molecular weight is 369 g/mol. The van der Waals surface area contributed by atoms with Gasteiger partial charge in [-0.2, -0.15) is 0 Å². The highest BCUT2D eigenvalue weighted by Crippen LogP contribution is 2.34. The molecule has 0 saturated heterocycles. The number of halogens is 2. The molecule has 0 aliphatic carbocycles. The molecule has 0 heterocycles. The van der Waals surface area contributed by atoms with Gasteiger partial charge in [0.15, 0.2) is 0 Å². The van der Waals surface area contributed by atoms with Crippen LogP contribution in [-0.2, 0) is 6.42 Å². The van der Waals surface area contributed by atoms with Crippen LogP contribution < -0.4 is 0 Å². The number of benzene rings is 2. The van der Waals surface area contributed by atoms with Crippen molar-refractivity contribution in [1.82, 2.24) is 0 Å². The first kappa shape index (κ1) is 16.1. The molecule has 21 heavy (non-hydrogen) atoms. The second-order valence-electron chi connectivity index (χ2n) is 4.90. The molecule has 0 amide bonds. The standard InChI is InChI=1S/C16H15BrClNO2/c1-10-2-3-12(16(19-21)15(10)17)6-9-14(20)11-4-7-13(18)8-5-11/h2-5,7-8,14,20H,6,9H2,1H3. The van der Waals surface area contributed by atoms with E-state index >= 15 is 0 Å². The molecule has 0 aliphatic heterocycles. The van der Waals surface area contributed by atoms with Crippen LogP contribution in [0.5, 0.6) is 0 Å². The molecule has 0 fully saturated rings. The predicted octanol–water partition coefficient (Wildman–Crippen LogP) is 5.48. The van der Waals surface area contributed by atoms with Gasteiger partial charge >= 0.3 is 0 Å². The number of nitrogens with zero attached hydrogens (tertiary/aromatic N) is 1. The van der Waals surface area contributed by atoms with Crippen LogP contribution in [0.3, 0.4) is 0 Å². The lowest BCUT2D eigenvalue weighted by Crippen LogP contribution is -2.00. The zero-order chi connectivity index (χ0) is 15.4. The molecule has 0 aliphatic rings. The van der Waals surface area contributed by atoms with E-state index < -0.39 is 6.10 Å². The zero-order valence-electron chi connectivity index (χ0n) is 11.5. The smallest absolute Gasteiger partial charge is 0.125 e. The van der Waals surface area contributed by atoms with Gasteiger partial charge in [-0.25, -0.2) is 0 Å². The van der Waals surface area contributed by atoms with E-state index in [1.54, 1.807) is 24.3 Å². The maximum atomic E-state index is 11.0. The number of aryl methyl sites for hydroxylation is 2. The average Bonchev–Trinajstić information content (AvgIpc) is 2.49. The SMILES string of the molecule is Cc1ccc(CCC(O)c2ccc(Cl)cc2)c(N=O)c1Br. The summed E-state index contributed by atoms with van der Waals surface area (Å²) in [4.78, 5) is 11.0. The van der Waals surface area contributed by atoms with Crippen molar-refractivity contribution in [1.29, 1.82) is 0 Å². The normalized spacial score (nSPS) is 12.2. The maximum Gasteiger partial charge on any atom is 0.125 e. The van der Waals surface area contributed by atoms with Gasteiger partial charge in [0.1, 0.15) is 5.69 Å². The Balaban J connectivity index is 2.11. The predicted molar refractivity (Wildman–Crippen MR) is 89.1 cm³/mol. The second-order valence-corrected chi connectivity index (χ2v) is 6.13. The van der Waals surface area contributed by atoms with E-state index in [0.29, 0.717) is 23.6 Å². The zero-order valence-corrected chi connectivity index (χ0v) is 13.9. The fraction of sp³-hybridized carbons (Fsp3) is 0.250. The third kappa shape index (κ3) is 3.90. The molecule has 2 aromatic carbocycles. The van der Waals surface area contributed by atoms with Crippen LogP contribution in [0.4, 0.5) is 5.69 Å². The van der Waals surface area contributed by atoms with Crippen molar-refractivity contribution in [3.63, 3.8) is 0 Å². The molecule has 0 aromatic heterocycles. The first-order chi connectivity index (χ1) is 10.0. The lowest BCUT2D eigenvalue weighted by Gasteiger charge is -2.13. The minimum atomic E-state index is -0.596. The lowest BCUT2D eigenvalue weighted by molar-refractivity contribution is 0.168. The fourth-order valence-corrected chi connectivity index (χ4v) is 2.73. The summed E-state index contributed by atoms with van der Waals surface area (Å²) in [6, 6.07) is 10.9. The Kier molecular flexibility index (Phi) is 5.51. The molecule has 0 saturated carbocycles. The van der Waals surface area contributed by atoms with Crippen LogP contribution in [0.1, 0.15) is 29.2 Å². The Morgan fingerprint density at radius 2 is 1.90 bits per heavy atom. The van der Waals surface area contributed by atoms with Crippen LogP contribution in [0.15, 0.2) is 46.0 Å². The van der Waals surface area contributed by atoms with Gasteiger partial charge in [-0.3, -0.25) is 0 Å². The quantitative estimate of drug-likeness (QED) is 0.711. The summed E-state index contributed by atoms with van der Waals surface area (Å²) >= 11 is 9.21. The van der Waals surface area contributed by atoms with Crippen molar-refractivity contribution in [2.45, 2.75) is 25.9 Å². The number of rotatable bonds is 5. The Morgan fingerprint density at radius 1 is 1.24 bits per heavy atom. The molecule has 2 rings (SSSR count). The second kappa shape index (κ2) is 7.16. The molecule has 5 heteroatoms. The Hall–Kier alpha value is -1.23. The molecule has 1 N–H and O–H groups in total. The minimum Gasteiger partial charge on any atom is -0.388 e. The first-order valence-electron chi connectivity index (χ1n) is 6.57. The van der Waals surface area contributed by atoms with Crippen LogP contribution in [0.2, 0.25) is 5.02 Å². The summed E-state index contributed by atoms with van der Waals surface area (Å²) in [7, 11) is 0. The molecule has 0 spiro atoms. The third-order valence-electron chi connectivity index (χ3n) is 3.43. The minimum absolute atomic E-state index is 0.415. The van der Waals surface area contributed by atoms with E-state index in [1.807, 2.05) is 19.1 Å². The van der Waals surface area contributed by atoms with Crippen molar-refractivity contribution in [3.8, 4) is 0 Å². The summed E-state index contributed by atoms with van der Waals surface area (Å²) in [6.45, 7) is 1.91. The molecule has 1 unspecified atom stereocenters. The number of hydrogen-bond acceptors (Lipinski definition) is 3. The van der Waals surface area contributed by atoms with Gasteiger partial charge in [-0.15, -0.1) is 4.91 Å². The third-order valence-corrected chi connectivity index (χ3v) is 4.68. The lowest BCUT2D eigenvalue weighted by atomic mass is 9.99. The summed E-state index contributed by atoms with van der Waals surface area (Å²) in [5.74, 6) is 0. The molecular weight excluding hydrogens is 354 g/mol. The Labute approximate surface area is 137 Å². The fourth-order valence-electron chi connectivity index (χ4n) is 2.15. The highest BCUT2D eigenvalue weighted by Gasteiger charge is 2.13. The van der Waals surface area contributed by atoms with E-state index in [4.69, 9.17) is 11.6 Å². The highest BCUT2D eigenvalue weighted by molar-refractivity contribution is 9.10. The van der Waals surface area contributed by atoms with Crippen LogP contribution in [0, 0.1) is 11.8 Å². The highest BCUT2D eigenvalue weighted by atomic mass is 79.9. The van der Waals surface area contributed by atoms with Crippen molar-refractivity contribution in [2.24, 2.45) is 5.18 Å². The topological polar surface area (TPSA) is 49.7 Å². The number of aliphatic hydroxyl groups excluding tert-OH is 1. The van der Waals surface area contributed by atoms with Gasteiger partial charge < -0.3 is 5.11 Å². The van der Waals surface area contributed by atoms with E-state index in [0.717, 1.165) is 21.2 Å². The maximum absolute atomic E-state index is 11.0. The van der Waals surface area contributed by atoms with E-state index in [9.17, 15) is 10.0 Å². The molecule has 0 radical (unpaired) electrons. The monoisotopic (exact) mass is 367 g/mol.